The molecular formula is C10H15ClN2OS. The Kier molecular flexibility index (Phi) is 5.83. The van der Waals surface area contributed by atoms with E-state index in [1.807, 2.05) is 12.1 Å². The summed E-state index contributed by atoms with van der Waals surface area (Å²) in [5, 5.41) is 3.78. The van der Waals surface area contributed by atoms with E-state index in [4.69, 9.17) is 11.6 Å². The van der Waals surface area contributed by atoms with Crippen LogP contribution in [0.15, 0.2) is 18.3 Å². The van der Waals surface area contributed by atoms with Crippen molar-refractivity contribution in [2.75, 3.05) is 18.6 Å². The SMILES string of the molecule is CS(=O)CCCNCc1cccnc1Cl. The third-order valence-corrected chi connectivity index (χ3v) is 3.14. The van der Waals surface area contributed by atoms with Crippen LogP contribution in [0.4, 0.5) is 0 Å². The van der Waals surface area contributed by atoms with Gasteiger partial charge >= 0.3 is 0 Å². The number of hydrogen-bond acceptors (Lipinski definition) is 3. The molecule has 0 aliphatic carbocycles. The molecule has 0 saturated carbocycles. The van der Waals surface area contributed by atoms with Gasteiger partial charge in [0.1, 0.15) is 5.15 Å². The lowest BCUT2D eigenvalue weighted by atomic mass is 10.3. The van der Waals surface area contributed by atoms with Crippen LogP contribution < -0.4 is 5.32 Å². The van der Waals surface area contributed by atoms with Crippen LogP contribution in [0.3, 0.4) is 0 Å². The van der Waals surface area contributed by atoms with Gasteiger partial charge in [0, 0.05) is 41.1 Å². The first-order valence-electron chi connectivity index (χ1n) is 4.80. The van der Waals surface area contributed by atoms with E-state index in [0.717, 1.165) is 24.3 Å². The number of aromatic nitrogens is 1. The number of hydrogen-bond donors (Lipinski definition) is 1. The van der Waals surface area contributed by atoms with Crippen molar-refractivity contribution in [1.29, 1.82) is 0 Å². The Bertz CT molecular complexity index is 333. The molecule has 1 unspecified atom stereocenters. The molecule has 1 rings (SSSR count). The van der Waals surface area contributed by atoms with Crippen molar-refractivity contribution >= 4 is 22.4 Å². The average molecular weight is 247 g/mol. The van der Waals surface area contributed by atoms with Crippen LogP contribution >= 0.6 is 11.6 Å². The van der Waals surface area contributed by atoms with Gasteiger partial charge in [-0.2, -0.15) is 0 Å². The summed E-state index contributed by atoms with van der Waals surface area (Å²) in [5.74, 6) is 0.744. The van der Waals surface area contributed by atoms with Crippen molar-refractivity contribution < 1.29 is 4.21 Å². The molecule has 0 spiro atoms. The molecular weight excluding hydrogens is 232 g/mol. The maximum absolute atomic E-state index is 10.8. The van der Waals surface area contributed by atoms with Crippen molar-refractivity contribution in [1.82, 2.24) is 10.3 Å². The summed E-state index contributed by atoms with van der Waals surface area (Å²) in [7, 11) is -0.696. The first-order valence-corrected chi connectivity index (χ1v) is 6.91. The Morgan fingerprint density at radius 1 is 1.60 bits per heavy atom. The van der Waals surface area contributed by atoms with Crippen LogP contribution in [0, 0.1) is 0 Å². The van der Waals surface area contributed by atoms with Crippen molar-refractivity contribution in [3.63, 3.8) is 0 Å². The van der Waals surface area contributed by atoms with Gasteiger partial charge < -0.3 is 5.32 Å². The lowest BCUT2D eigenvalue weighted by molar-refractivity contribution is 0.661. The molecule has 0 bridgehead atoms. The van der Waals surface area contributed by atoms with Crippen LogP contribution in [0.25, 0.3) is 0 Å². The maximum atomic E-state index is 10.8. The number of pyridine rings is 1. The first kappa shape index (κ1) is 12.6. The molecule has 1 atom stereocenters. The van der Waals surface area contributed by atoms with E-state index in [9.17, 15) is 4.21 Å². The molecule has 3 nitrogen and oxygen atoms in total. The zero-order valence-corrected chi connectivity index (χ0v) is 10.3. The molecule has 0 aliphatic heterocycles. The smallest absolute Gasteiger partial charge is 0.133 e. The van der Waals surface area contributed by atoms with Crippen LogP contribution in [-0.2, 0) is 17.3 Å². The molecule has 1 heterocycles. The van der Waals surface area contributed by atoms with Gasteiger partial charge in [0.2, 0.25) is 0 Å². The topological polar surface area (TPSA) is 42.0 Å². The molecule has 0 radical (unpaired) electrons. The van der Waals surface area contributed by atoms with Crippen LogP contribution in [0.2, 0.25) is 5.15 Å². The predicted molar refractivity (Wildman–Crippen MR) is 64.5 cm³/mol. The zero-order chi connectivity index (χ0) is 11.1. The molecule has 15 heavy (non-hydrogen) atoms. The number of nitrogens with one attached hydrogen (secondary N) is 1. The van der Waals surface area contributed by atoms with Gasteiger partial charge in [-0.05, 0) is 19.0 Å². The van der Waals surface area contributed by atoms with E-state index in [2.05, 4.69) is 10.3 Å². The summed E-state index contributed by atoms with van der Waals surface area (Å²) in [6, 6.07) is 3.81. The van der Waals surface area contributed by atoms with Gasteiger partial charge in [-0.25, -0.2) is 4.98 Å². The Morgan fingerprint density at radius 2 is 2.40 bits per heavy atom. The molecule has 0 saturated heterocycles. The standard InChI is InChI=1S/C10H15ClN2OS/c1-15(14)7-3-5-12-8-9-4-2-6-13-10(9)11/h2,4,6,12H,3,5,7-8H2,1H3. The van der Waals surface area contributed by atoms with E-state index < -0.39 is 10.8 Å². The molecule has 84 valence electrons. The summed E-state index contributed by atoms with van der Waals surface area (Å²) >= 11 is 5.89. The number of rotatable bonds is 6. The molecule has 1 aromatic rings. The minimum absolute atomic E-state index is 0.545. The van der Waals surface area contributed by atoms with Crippen LogP contribution in [0.1, 0.15) is 12.0 Å². The Morgan fingerprint density at radius 3 is 3.07 bits per heavy atom. The highest BCUT2D eigenvalue weighted by Crippen LogP contribution is 2.10. The summed E-state index contributed by atoms with van der Waals surface area (Å²) in [6.07, 6.45) is 4.31. The second kappa shape index (κ2) is 6.93. The third-order valence-electron chi connectivity index (χ3n) is 1.94. The molecule has 5 heteroatoms. The van der Waals surface area contributed by atoms with E-state index in [1.54, 1.807) is 12.5 Å². The molecule has 0 aliphatic rings. The Labute approximate surface area is 97.7 Å². The lowest BCUT2D eigenvalue weighted by Gasteiger charge is -2.05. The van der Waals surface area contributed by atoms with Gasteiger partial charge in [-0.15, -0.1) is 0 Å². The number of nitrogens with zero attached hydrogens (tertiary/aromatic N) is 1. The normalized spacial score (nSPS) is 12.7. The van der Waals surface area contributed by atoms with Crippen molar-refractivity contribution in [3.8, 4) is 0 Å². The fraction of sp³-hybridized carbons (Fsp3) is 0.500. The van der Waals surface area contributed by atoms with Crippen molar-refractivity contribution in [3.05, 3.63) is 29.0 Å². The van der Waals surface area contributed by atoms with Crippen LogP contribution in [0.5, 0.6) is 0 Å². The zero-order valence-electron chi connectivity index (χ0n) is 8.70. The molecule has 1 N–H and O–H groups in total. The first-order chi connectivity index (χ1) is 7.20. The summed E-state index contributed by atoms with van der Waals surface area (Å²) < 4.78 is 10.8. The highest BCUT2D eigenvalue weighted by molar-refractivity contribution is 7.84. The van der Waals surface area contributed by atoms with Crippen molar-refractivity contribution in [2.45, 2.75) is 13.0 Å². The second-order valence-electron chi connectivity index (χ2n) is 3.26. The van der Waals surface area contributed by atoms with E-state index in [1.165, 1.54) is 0 Å². The van der Waals surface area contributed by atoms with E-state index >= 15 is 0 Å². The fourth-order valence-electron chi connectivity index (χ4n) is 1.17. The summed E-state index contributed by atoms with van der Waals surface area (Å²) in [6.45, 7) is 1.56. The molecule has 0 amide bonds. The monoisotopic (exact) mass is 246 g/mol. The van der Waals surface area contributed by atoms with Crippen LogP contribution in [-0.4, -0.2) is 27.7 Å². The summed E-state index contributed by atoms with van der Waals surface area (Å²) in [5.41, 5.74) is 0.997. The largest absolute Gasteiger partial charge is 0.313 e. The van der Waals surface area contributed by atoms with Crippen molar-refractivity contribution in [2.24, 2.45) is 0 Å². The van der Waals surface area contributed by atoms with E-state index in [-0.39, 0.29) is 0 Å². The predicted octanol–water partition coefficient (Wildman–Crippen LogP) is 1.59. The summed E-state index contributed by atoms with van der Waals surface area (Å²) in [4.78, 5) is 3.98. The Hall–Kier alpha value is -0.450. The van der Waals surface area contributed by atoms with Gasteiger partial charge in [0.25, 0.3) is 0 Å². The highest BCUT2D eigenvalue weighted by atomic mass is 35.5. The quantitative estimate of drug-likeness (QED) is 0.612. The number of halogens is 1. The van der Waals surface area contributed by atoms with Gasteiger partial charge in [-0.3, -0.25) is 4.21 Å². The van der Waals surface area contributed by atoms with E-state index in [0.29, 0.717) is 11.7 Å². The minimum atomic E-state index is -0.696. The van der Waals surface area contributed by atoms with Gasteiger partial charge in [0.15, 0.2) is 0 Å². The molecule has 0 aromatic carbocycles. The molecule has 0 fully saturated rings. The Balaban J connectivity index is 2.21. The molecule has 1 aromatic heterocycles. The van der Waals surface area contributed by atoms with Gasteiger partial charge in [0.05, 0.1) is 0 Å². The third kappa shape index (κ3) is 5.25. The minimum Gasteiger partial charge on any atom is -0.313 e. The maximum Gasteiger partial charge on any atom is 0.133 e. The average Bonchev–Trinajstić information content (AvgIpc) is 2.20. The highest BCUT2D eigenvalue weighted by Gasteiger charge is 1.99. The second-order valence-corrected chi connectivity index (χ2v) is 5.17. The fourth-order valence-corrected chi connectivity index (χ4v) is 1.91. The van der Waals surface area contributed by atoms with Gasteiger partial charge in [-0.1, -0.05) is 17.7 Å². The lowest BCUT2D eigenvalue weighted by Crippen LogP contribution is -2.16.